The van der Waals surface area contributed by atoms with Crippen LogP contribution in [0.5, 0.6) is 11.8 Å². The monoisotopic (exact) mass is 505 g/mol. The Morgan fingerprint density at radius 2 is 1.97 bits per heavy atom. The zero-order valence-electron chi connectivity index (χ0n) is 19.4. The summed E-state index contributed by atoms with van der Waals surface area (Å²) in [6, 6.07) is 6.88. The SMILES string of the molecule is CC1CCCc2c(Oc3nc(C(=O)NC(C)c4cc(F)c(NS(C)(=O)=O)c(F)c4)co3)cccc21. The summed E-state index contributed by atoms with van der Waals surface area (Å²) in [5.41, 5.74) is 1.57. The van der Waals surface area contributed by atoms with Gasteiger partial charge in [-0.05, 0) is 67.0 Å². The first kappa shape index (κ1) is 24.6. The fraction of sp³-hybridized carbons (Fsp3) is 0.333. The molecule has 1 heterocycles. The molecule has 2 N–H and O–H groups in total. The topological polar surface area (TPSA) is 111 Å². The van der Waals surface area contributed by atoms with Crippen molar-refractivity contribution in [3.63, 3.8) is 0 Å². The van der Waals surface area contributed by atoms with E-state index in [1.807, 2.05) is 12.1 Å². The normalized spacial score (nSPS) is 16.3. The van der Waals surface area contributed by atoms with E-state index in [1.54, 1.807) is 4.72 Å². The smallest absolute Gasteiger partial charge is 0.399 e. The van der Waals surface area contributed by atoms with E-state index in [9.17, 15) is 22.0 Å². The molecule has 0 aliphatic heterocycles. The van der Waals surface area contributed by atoms with Crippen LogP contribution in [-0.4, -0.2) is 25.6 Å². The Morgan fingerprint density at radius 3 is 2.66 bits per heavy atom. The number of hydrogen-bond donors (Lipinski definition) is 2. The molecule has 4 rings (SSSR count). The first-order valence-electron chi connectivity index (χ1n) is 11.0. The highest BCUT2D eigenvalue weighted by Crippen LogP contribution is 2.37. The number of hydrogen-bond acceptors (Lipinski definition) is 6. The molecule has 2 atom stereocenters. The molecule has 2 unspecified atom stereocenters. The van der Waals surface area contributed by atoms with Crippen LogP contribution in [0.3, 0.4) is 0 Å². The molecule has 1 aliphatic carbocycles. The number of nitrogens with one attached hydrogen (secondary N) is 2. The molecule has 1 aliphatic rings. The van der Waals surface area contributed by atoms with Crippen LogP contribution in [-0.2, 0) is 16.4 Å². The molecule has 35 heavy (non-hydrogen) atoms. The number of carbonyl (C=O) groups is 1. The van der Waals surface area contributed by atoms with Crippen molar-refractivity contribution in [2.45, 2.75) is 45.1 Å². The van der Waals surface area contributed by atoms with Crippen molar-refractivity contribution in [3.05, 3.63) is 70.6 Å². The van der Waals surface area contributed by atoms with Gasteiger partial charge in [0.05, 0.1) is 12.3 Å². The third-order valence-corrected chi connectivity index (χ3v) is 6.45. The van der Waals surface area contributed by atoms with Crippen molar-refractivity contribution >= 4 is 21.6 Å². The van der Waals surface area contributed by atoms with Crippen LogP contribution in [0.15, 0.2) is 41.0 Å². The van der Waals surface area contributed by atoms with Gasteiger partial charge in [0, 0.05) is 0 Å². The molecule has 8 nitrogen and oxygen atoms in total. The van der Waals surface area contributed by atoms with E-state index >= 15 is 0 Å². The highest BCUT2D eigenvalue weighted by atomic mass is 32.2. The average molecular weight is 506 g/mol. The summed E-state index contributed by atoms with van der Waals surface area (Å²) >= 11 is 0. The number of rotatable bonds is 7. The van der Waals surface area contributed by atoms with Gasteiger partial charge in [-0.15, -0.1) is 0 Å². The number of aromatic nitrogens is 1. The van der Waals surface area contributed by atoms with Gasteiger partial charge in [0.2, 0.25) is 10.0 Å². The van der Waals surface area contributed by atoms with Gasteiger partial charge in [-0.1, -0.05) is 19.1 Å². The summed E-state index contributed by atoms with van der Waals surface area (Å²) in [6.07, 6.45) is 4.87. The molecule has 0 saturated heterocycles. The lowest BCUT2D eigenvalue weighted by Gasteiger charge is -2.23. The molecule has 11 heteroatoms. The maximum Gasteiger partial charge on any atom is 0.399 e. The molecule has 1 amide bonds. The molecule has 0 spiro atoms. The van der Waals surface area contributed by atoms with Crippen LogP contribution in [0.4, 0.5) is 14.5 Å². The molecule has 0 radical (unpaired) electrons. The number of oxazole rings is 1. The van der Waals surface area contributed by atoms with E-state index in [2.05, 4.69) is 23.3 Å². The Hall–Kier alpha value is -3.47. The van der Waals surface area contributed by atoms with Crippen LogP contribution in [0.2, 0.25) is 0 Å². The predicted molar refractivity (Wildman–Crippen MR) is 125 cm³/mol. The molecule has 2 aromatic carbocycles. The minimum absolute atomic E-state index is 0.0682. The Balaban J connectivity index is 1.46. The highest BCUT2D eigenvalue weighted by Gasteiger charge is 2.23. The minimum atomic E-state index is -3.87. The summed E-state index contributed by atoms with van der Waals surface area (Å²) < 4.78 is 64.1. The van der Waals surface area contributed by atoms with Crippen LogP contribution in [0.25, 0.3) is 0 Å². The molecular formula is C24H25F2N3O5S. The molecule has 0 fully saturated rings. The summed E-state index contributed by atoms with van der Waals surface area (Å²) in [4.78, 5) is 16.7. The van der Waals surface area contributed by atoms with Gasteiger partial charge in [0.1, 0.15) is 17.7 Å². The number of sulfonamides is 1. The van der Waals surface area contributed by atoms with Gasteiger partial charge in [0.15, 0.2) is 17.3 Å². The molecule has 0 saturated carbocycles. The van der Waals surface area contributed by atoms with Crippen molar-refractivity contribution in [1.29, 1.82) is 0 Å². The number of anilines is 1. The number of benzene rings is 2. The largest absolute Gasteiger partial charge is 0.416 e. The quantitative estimate of drug-likeness (QED) is 0.465. The number of amides is 1. The lowest BCUT2D eigenvalue weighted by atomic mass is 9.83. The second kappa shape index (κ2) is 9.65. The van der Waals surface area contributed by atoms with Crippen LogP contribution < -0.4 is 14.8 Å². The Morgan fingerprint density at radius 1 is 1.26 bits per heavy atom. The van der Waals surface area contributed by atoms with Crippen molar-refractivity contribution in [2.75, 3.05) is 11.0 Å². The van der Waals surface area contributed by atoms with E-state index < -0.39 is 39.3 Å². The van der Waals surface area contributed by atoms with Gasteiger partial charge in [0.25, 0.3) is 5.91 Å². The van der Waals surface area contributed by atoms with Gasteiger partial charge in [-0.2, -0.15) is 4.98 Å². The maximum atomic E-state index is 14.3. The second-order valence-corrected chi connectivity index (χ2v) is 10.4. The van der Waals surface area contributed by atoms with E-state index in [0.717, 1.165) is 49.5 Å². The maximum absolute atomic E-state index is 14.3. The molecule has 186 valence electrons. The van der Waals surface area contributed by atoms with Crippen LogP contribution >= 0.6 is 0 Å². The van der Waals surface area contributed by atoms with Crippen molar-refractivity contribution in [3.8, 4) is 11.8 Å². The second-order valence-electron chi connectivity index (χ2n) is 8.65. The Labute approximate surface area is 201 Å². The molecular weight excluding hydrogens is 480 g/mol. The molecule has 1 aromatic heterocycles. The number of halogens is 2. The van der Waals surface area contributed by atoms with Crippen molar-refractivity contribution in [2.24, 2.45) is 0 Å². The fourth-order valence-electron chi connectivity index (χ4n) is 4.13. The van der Waals surface area contributed by atoms with Gasteiger partial charge in [-0.3, -0.25) is 9.52 Å². The zero-order valence-corrected chi connectivity index (χ0v) is 20.2. The fourth-order valence-corrected chi connectivity index (χ4v) is 4.70. The summed E-state index contributed by atoms with van der Waals surface area (Å²) in [5.74, 6) is -1.79. The van der Waals surface area contributed by atoms with Gasteiger partial charge < -0.3 is 14.5 Å². The van der Waals surface area contributed by atoms with Gasteiger partial charge in [-0.25, -0.2) is 17.2 Å². The lowest BCUT2D eigenvalue weighted by Crippen LogP contribution is -2.27. The third-order valence-electron chi connectivity index (χ3n) is 5.88. The number of ether oxygens (including phenoxy) is 1. The van der Waals surface area contributed by atoms with Crippen LogP contribution in [0, 0.1) is 11.6 Å². The zero-order chi connectivity index (χ0) is 25.3. The van der Waals surface area contributed by atoms with E-state index in [-0.39, 0.29) is 17.3 Å². The number of carbonyl (C=O) groups excluding carboxylic acids is 1. The number of nitrogens with zero attached hydrogens (tertiary/aromatic N) is 1. The average Bonchev–Trinajstić information content (AvgIpc) is 3.25. The number of fused-ring (bicyclic) bond motifs is 1. The summed E-state index contributed by atoms with van der Waals surface area (Å²) in [7, 11) is -3.87. The third kappa shape index (κ3) is 5.61. The van der Waals surface area contributed by atoms with E-state index in [4.69, 9.17) is 9.15 Å². The van der Waals surface area contributed by atoms with E-state index in [1.165, 1.54) is 12.5 Å². The first-order chi connectivity index (χ1) is 16.5. The minimum Gasteiger partial charge on any atom is -0.416 e. The van der Waals surface area contributed by atoms with Crippen LogP contribution in [0.1, 0.15) is 65.8 Å². The Bertz CT molecular complexity index is 1350. The standard InChI is InChI=1S/C24H25F2N3O5S/c1-13-6-4-8-17-16(13)7-5-9-21(17)34-24-28-20(12-33-24)23(30)27-14(2)15-10-18(25)22(19(26)11-15)29-35(3,31)32/h5,7,9-14,29H,4,6,8H2,1-3H3,(H,27,30). The van der Waals surface area contributed by atoms with E-state index in [0.29, 0.717) is 11.7 Å². The molecule has 0 bridgehead atoms. The summed E-state index contributed by atoms with van der Waals surface area (Å²) in [5, 5.41) is 2.58. The van der Waals surface area contributed by atoms with Crippen molar-refractivity contribution in [1.82, 2.24) is 10.3 Å². The highest BCUT2D eigenvalue weighted by molar-refractivity contribution is 7.92. The summed E-state index contributed by atoms with van der Waals surface area (Å²) in [6.45, 7) is 3.69. The Kier molecular flexibility index (Phi) is 6.79. The predicted octanol–water partition coefficient (Wildman–Crippen LogP) is 5.05. The molecule has 3 aromatic rings. The lowest BCUT2D eigenvalue weighted by molar-refractivity contribution is 0.0934. The van der Waals surface area contributed by atoms with Crippen molar-refractivity contribution < 1.29 is 31.1 Å². The van der Waals surface area contributed by atoms with Gasteiger partial charge >= 0.3 is 6.08 Å². The first-order valence-corrected chi connectivity index (χ1v) is 12.9.